The zero-order valence-corrected chi connectivity index (χ0v) is 14.9. The van der Waals surface area contributed by atoms with E-state index >= 15 is 0 Å². The minimum Gasteiger partial charge on any atom is -0.550 e. The summed E-state index contributed by atoms with van der Waals surface area (Å²) in [5, 5.41) is 10.0. The number of carbonyl (C=O) groups is 1. The van der Waals surface area contributed by atoms with E-state index in [4.69, 9.17) is 18.9 Å². The van der Waals surface area contributed by atoms with Gasteiger partial charge in [-0.05, 0) is 6.92 Å². The van der Waals surface area contributed by atoms with Crippen molar-refractivity contribution in [1.82, 2.24) is 4.57 Å². The maximum atomic E-state index is 10.0. The number of hydrogen-bond donors (Lipinski definition) is 0. The van der Waals surface area contributed by atoms with Crippen LogP contribution < -0.4 is 9.67 Å². The second-order valence-corrected chi connectivity index (χ2v) is 4.86. The number of hydrogen-bond acceptors (Lipinski definition) is 6. The Morgan fingerprint density at radius 3 is 1.96 bits per heavy atom. The lowest BCUT2D eigenvalue weighted by Gasteiger charge is -2.06. The van der Waals surface area contributed by atoms with Crippen LogP contribution in [0.25, 0.3) is 0 Å². The van der Waals surface area contributed by atoms with Crippen molar-refractivity contribution in [2.75, 3.05) is 53.4 Å². The highest BCUT2D eigenvalue weighted by atomic mass is 16.6. The average Bonchev–Trinajstić information content (AvgIpc) is 2.98. The van der Waals surface area contributed by atoms with E-state index in [1.807, 2.05) is 17.8 Å². The van der Waals surface area contributed by atoms with Gasteiger partial charge in [-0.2, -0.15) is 0 Å². The van der Waals surface area contributed by atoms with Crippen molar-refractivity contribution in [1.29, 1.82) is 0 Å². The molecule has 0 spiro atoms. The molecule has 0 radical (unpaired) electrons. The summed E-state index contributed by atoms with van der Waals surface area (Å²) in [6, 6.07) is 0. The number of aryl methyl sites for hydroxylation is 2. The molecular weight excluding hydrogens is 316 g/mol. The van der Waals surface area contributed by atoms with Crippen LogP contribution in [0, 0.1) is 0 Å². The quantitative estimate of drug-likeness (QED) is 0.342. The van der Waals surface area contributed by atoms with Gasteiger partial charge in [0.15, 0.2) is 0 Å². The highest BCUT2D eigenvalue weighted by Gasteiger charge is 1.93. The first kappa shape index (κ1) is 22.5. The van der Waals surface area contributed by atoms with Crippen molar-refractivity contribution >= 4 is 5.97 Å². The van der Waals surface area contributed by atoms with Gasteiger partial charge in [0.25, 0.3) is 0 Å². The normalized spacial score (nSPS) is 10.3. The fraction of sp³-hybridized carbons (Fsp3) is 0.750. The molecule has 0 aliphatic heterocycles. The number of aromatic nitrogens is 2. The van der Waals surface area contributed by atoms with E-state index in [2.05, 4.69) is 24.0 Å². The number of ether oxygens (including phenoxy) is 4. The molecule has 140 valence electrons. The molecule has 0 atom stereocenters. The van der Waals surface area contributed by atoms with Crippen LogP contribution in [0.4, 0.5) is 0 Å². The van der Waals surface area contributed by atoms with Crippen LogP contribution in [-0.2, 0) is 37.3 Å². The Bertz CT molecular complexity index is 411. The summed E-state index contributed by atoms with van der Waals surface area (Å²) in [4.78, 5) is 10.0. The Kier molecular flexibility index (Phi) is 15.4. The zero-order valence-electron chi connectivity index (χ0n) is 14.9. The van der Waals surface area contributed by atoms with Gasteiger partial charge in [0.05, 0.1) is 59.8 Å². The Morgan fingerprint density at radius 2 is 1.58 bits per heavy atom. The fourth-order valence-electron chi connectivity index (χ4n) is 1.53. The van der Waals surface area contributed by atoms with Crippen LogP contribution in [0.3, 0.4) is 0 Å². The molecule has 1 aromatic heterocycles. The molecule has 0 N–H and O–H groups in total. The molecule has 24 heavy (non-hydrogen) atoms. The van der Waals surface area contributed by atoms with E-state index in [0.717, 1.165) is 6.54 Å². The van der Waals surface area contributed by atoms with E-state index in [9.17, 15) is 9.90 Å². The minimum atomic E-state index is -1.10. The molecule has 0 saturated carbocycles. The van der Waals surface area contributed by atoms with Crippen molar-refractivity contribution in [3.05, 3.63) is 18.7 Å². The predicted molar refractivity (Wildman–Crippen MR) is 85.2 cm³/mol. The molecular formula is C16H30N2O6. The summed E-state index contributed by atoms with van der Waals surface area (Å²) in [6.07, 6.45) is 6.06. The van der Waals surface area contributed by atoms with Crippen molar-refractivity contribution in [3.8, 4) is 0 Å². The van der Waals surface area contributed by atoms with E-state index in [1.54, 1.807) is 7.11 Å². The monoisotopic (exact) mass is 346 g/mol. The maximum Gasteiger partial charge on any atom is 0.243 e. The summed E-state index contributed by atoms with van der Waals surface area (Å²) in [5.41, 5.74) is 0. The molecule has 0 aliphatic carbocycles. The van der Waals surface area contributed by atoms with Crippen LogP contribution in [0.15, 0.2) is 18.7 Å². The first-order valence-corrected chi connectivity index (χ1v) is 8.03. The minimum absolute atomic E-state index is 0.0832. The van der Waals surface area contributed by atoms with Crippen LogP contribution in [0.1, 0.15) is 13.3 Å². The Balaban J connectivity index is 0.000000546. The molecule has 1 rings (SSSR count). The molecule has 1 heterocycles. The van der Waals surface area contributed by atoms with Crippen molar-refractivity contribution in [3.63, 3.8) is 0 Å². The van der Waals surface area contributed by atoms with Crippen molar-refractivity contribution in [2.24, 2.45) is 7.05 Å². The standard InChI is InChI=1S/C10H20O6.C6H11N2/c1-13-4-5-15-8-9-16-7-6-14-3-2-10(11)12;1-3-8-5-4-7(2)6-8/h2-9H2,1H3,(H,11,12);4-6H,3H2,1-2H3/q;+1/p-1. The molecule has 0 amide bonds. The third-order valence-electron chi connectivity index (χ3n) is 2.82. The first-order chi connectivity index (χ1) is 11.6. The number of imidazole rings is 1. The van der Waals surface area contributed by atoms with Gasteiger partial charge in [-0.1, -0.05) is 0 Å². The van der Waals surface area contributed by atoms with Crippen LogP contribution in [0.5, 0.6) is 0 Å². The summed E-state index contributed by atoms with van der Waals surface area (Å²) < 4.78 is 24.3. The summed E-state index contributed by atoms with van der Waals surface area (Å²) >= 11 is 0. The smallest absolute Gasteiger partial charge is 0.243 e. The lowest BCUT2D eigenvalue weighted by molar-refractivity contribution is -0.671. The molecule has 0 bridgehead atoms. The highest BCUT2D eigenvalue weighted by molar-refractivity contribution is 5.64. The molecule has 0 unspecified atom stereocenters. The van der Waals surface area contributed by atoms with Gasteiger partial charge in [-0.25, -0.2) is 9.13 Å². The van der Waals surface area contributed by atoms with Gasteiger partial charge in [-0.15, -0.1) is 0 Å². The van der Waals surface area contributed by atoms with Gasteiger partial charge in [0.1, 0.15) is 12.4 Å². The third-order valence-corrected chi connectivity index (χ3v) is 2.82. The first-order valence-electron chi connectivity index (χ1n) is 8.03. The predicted octanol–water partition coefficient (Wildman–Crippen LogP) is -0.845. The molecule has 0 saturated heterocycles. The van der Waals surface area contributed by atoms with Crippen LogP contribution in [0.2, 0.25) is 0 Å². The third kappa shape index (κ3) is 15.4. The number of carboxylic acid groups (broad SMARTS) is 1. The lowest BCUT2D eigenvalue weighted by atomic mass is 10.5. The van der Waals surface area contributed by atoms with Gasteiger partial charge in [-0.3, -0.25) is 0 Å². The maximum absolute atomic E-state index is 10.0. The molecule has 8 heteroatoms. The number of rotatable bonds is 13. The summed E-state index contributed by atoms with van der Waals surface area (Å²) in [6.45, 7) is 6.30. The molecule has 0 fully saturated rings. The summed E-state index contributed by atoms with van der Waals surface area (Å²) in [5.74, 6) is -1.10. The number of nitrogens with zero attached hydrogens (tertiary/aromatic N) is 2. The second-order valence-electron chi connectivity index (χ2n) is 4.86. The average molecular weight is 346 g/mol. The molecule has 1 aromatic rings. The van der Waals surface area contributed by atoms with Gasteiger partial charge in [0.2, 0.25) is 6.33 Å². The van der Waals surface area contributed by atoms with Gasteiger partial charge >= 0.3 is 0 Å². The Morgan fingerprint density at radius 1 is 1.04 bits per heavy atom. The number of carboxylic acids is 1. The zero-order chi connectivity index (χ0) is 18.0. The van der Waals surface area contributed by atoms with Crippen molar-refractivity contribution < 1.29 is 33.4 Å². The van der Waals surface area contributed by atoms with E-state index in [-0.39, 0.29) is 13.0 Å². The largest absolute Gasteiger partial charge is 0.550 e. The highest BCUT2D eigenvalue weighted by Crippen LogP contribution is 1.84. The number of methoxy groups -OCH3 is 1. The Labute approximate surface area is 143 Å². The van der Waals surface area contributed by atoms with Crippen LogP contribution >= 0.6 is 0 Å². The van der Waals surface area contributed by atoms with E-state index < -0.39 is 5.97 Å². The summed E-state index contributed by atoms with van der Waals surface area (Å²) in [7, 11) is 3.63. The second kappa shape index (κ2) is 16.4. The fourth-order valence-corrected chi connectivity index (χ4v) is 1.53. The topological polar surface area (TPSA) is 85.9 Å². The van der Waals surface area contributed by atoms with E-state index in [1.165, 1.54) is 0 Å². The molecule has 0 aromatic carbocycles. The molecule has 0 aliphatic rings. The van der Waals surface area contributed by atoms with Crippen LogP contribution in [-0.4, -0.2) is 63.9 Å². The lowest BCUT2D eigenvalue weighted by Crippen LogP contribution is -2.24. The SMILES string of the molecule is CCn1cc[n+](C)c1.COCCOCCOCCOCCC(=O)[O-]. The van der Waals surface area contributed by atoms with E-state index in [0.29, 0.717) is 39.6 Å². The number of carbonyl (C=O) groups excluding carboxylic acids is 1. The van der Waals surface area contributed by atoms with Gasteiger partial charge in [0, 0.05) is 19.5 Å². The van der Waals surface area contributed by atoms with Gasteiger partial charge < -0.3 is 28.8 Å². The molecule has 8 nitrogen and oxygen atoms in total. The Hall–Kier alpha value is -1.48. The number of aliphatic carboxylic acids is 1. The van der Waals surface area contributed by atoms with Crippen molar-refractivity contribution in [2.45, 2.75) is 19.9 Å².